The van der Waals surface area contributed by atoms with Gasteiger partial charge in [-0.1, -0.05) is 123 Å². The Morgan fingerprint density at radius 2 is 1.20 bits per heavy atom. The molecule has 1 N–H and O–H groups in total. The first-order chi connectivity index (χ1) is 12.0. The lowest BCUT2D eigenvalue weighted by Gasteiger charge is -2.41. The van der Waals surface area contributed by atoms with Crippen LogP contribution in [0.3, 0.4) is 0 Å². The van der Waals surface area contributed by atoms with Crippen LogP contribution >= 0.6 is 22.6 Å². The van der Waals surface area contributed by atoms with E-state index in [9.17, 15) is 4.80 Å². The highest BCUT2D eigenvalue weighted by molar-refractivity contribution is 14.1. The van der Waals surface area contributed by atoms with Crippen molar-refractivity contribution in [2.45, 2.75) is 57.4 Å². The zero-order valence-electron chi connectivity index (χ0n) is 15.5. The molecule has 1 nitrogen and oxygen atoms in total. The third kappa shape index (κ3) is 5.17. The highest BCUT2D eigenvalue weighted by Crippen LogP contribution is 2.40. The van der Waals surface area contributed by atoms with Gasteiger partial charge in [0.25, 0.3) is 8.32 Å². The lowest BCUT2D eigenvalue weighted by Crippen LogP contribution is -2.65. The van der Waals surface area contributed by atoms with Crippen LogP contribution in [0.15, 0.2) is 60.7 Å². The van der Waals surface area contributed by atoms with Gasteiger partial charge in [0.05, 0.1) is 0 Å². The molecule has 0 unspecified atom stereocenters. The molecule has 0 atom stereocenters. The van der Waals surface area contributed by atoms with Crippen molar-refractivity contribution < 1.29 is 4.80 Å². The second kappa shape index (κ2) is 9.88. The molecule has 0 saturated carbocycles. The molecule has 0 radical (unpaired) electrons. The third-order valence-corrected chi connectivity index (χ3v) is 10.6. The molecule has 0 aromatic heterocycles. The molecule has 0 spiro atoms. The van der Waals surface area contributed by atoms with Crippen molar-refractivity contribution >= 4 is 41.3 Å². The summed E-state index contributed by atoms with van der Waals surface area (Å²) in [5, 5.41) is 2.14. The summed E-state index contributed by atoms with van der Waals surface area (Å²) in [6.45, 7) is 4.54. The van der Waals surface area contributed by atoms with Crippen LogP contribution in [0.5, 0.6) is 0 Å². The van der Waals surface area contributed by atoms with E-state index in [0.29, 0.717) is 0 Å². The highest BCUT2D eigenvalue weighted by Gasteiger charge is 2.49. The average Bonchev–Trinajstić information content (AvgIpc) is 2.65. The Balaban J connectivity index is 2.20. The van der Waals surface area contributed by atoms with Gasteiger partial charge in [-0.05, 0) is 32.7 Å². The summed E-state index contributed by atoms with van der Waals surface area (Å²) in [6.07, 6.45) is 7.52. The van der Waals surface area contributed by atoms with Gasteiger partial charge in [-0.3, -0.25) is 0 Å². The van der Waals surface area contributed by atoms with E-state index in [1.54, 1.807) is 0 Å². The van der Waals surface area contributed by atoms with E-state index >= 15 is 0 Å². The molecule has 2 aromatic carbocycles. The molecule has 2 rings (SSSR count). The minimum atomic E-state index is -2.81. The zero-order chi connectivity index (χ0) is 18.2. The van der Waals surface area contributed by atoms with Crippen molar-refractivity contribution in [1.29, 1.82) is 0 Å². The van der Waals surface area contributed by atoms with Gasteiger partial charge in [0.2, 0.25) is 0 Å². The minimum Gasteiger partial charge on any atom is -0.424 e. The predicted octanol–water partition coefficient (Wildman–Crippen LogP) is 5.29. The van der Waals surface area contributed by atoms with Gasteiger partial charge >= 0.3 is 0 Å². The van der Waals surface area contributed by atoms with Crippen molar-refractivity contribution in [3.05, 3.63) is 60.7 Å². The van der Waals surface area contributed by atoms with E-state index in [0.717, 1.165) is 16.8 Å². The lowest BCUT2D eigenvalue weighted by molar-refractivity contribution is 0.447. The summed E-state index contributed by atoms with van der Waals surface area (Å²) in [4.78, 5) is 12.1. The molecule has 0 aliphatic carbocycles. The summed E-state index contributed by atoms with van der Waals surface area (Å²) < 4.78 is 1.26. The molecule has 0 aliphatic rings. The molecule has 0 bridgehead atoms. The standard InChI is InChI=1S/C22H31IOSi/c1-22(2,18-12-4-3-5-13-19-23)25(24,20-14-8-6-9-15-20)21-16-10-7-11-17-21/h6-11,14-17,24H,3-5,12-13,18-19H2,1-2H3. The van der Waals surface area contributed by atoms with Crippen LogP contribution < -0.4 is 10.4 Å². The molecule has 0 aliphatic heterocycles. The molecule has 0 heterocycles. The molecule has 25 heavy (non-hydrogen) atoms. The summed E-state index contributed by atoms with van der Waals surface area (Å²) in [7, 11) is -2.81. The van der Waals surface area contributed by atoms with Crippen LogP contribution in [0.2, 0.25) is 5.04 Å². The molecular weight excluding hydrogens is 435 g/mol. The summed E-state index contributed by atoms with van der Waals surface area (Å²) in [6, 6.07) is 20.7. The fourth-order valence-electron chi connectivity index (χ4n) is 3.68. The lowest BCUT2D eigenvalue weighted by atomic mass is 10.0. The molecule has 0 fully saturated rings. The predicted molar refractivity (Wildman–Crippen MR) is 121 cm³/mol. The Morgan fingerprint density at radius 1 is 0.760 bits per heavy atom. The van der Waals surface area contributed by atoms with E-state index in [-0.39, 0.29) is 5.04 Å². The fourth-order valence-corrected chi connectivity index (χ4v) is 8.00. The van der Waals surface area contributed by atoms with Gasteiger partial charge in [-0.25, -0.2) is 0 Å². The second-order valence-electron chi connectivity index (χ2n) is 7.53. The maximum absolute atomic E-state index is 12.1. The van der Waals surface area contributed by atoms with E-state index in [4.69, 9.17) is 0 Å². The maximum Gasteiger partial charge on any atom is 0.258 e. The quantitative estimate of drug-likeness (QED) is 0.218. The van der Waals surface area contributed by atoms with Gasteiger partial charge < -0.3 is 4.80 Å². The first-order valence-electron chi connectivity index (χ1n) is 9.42. The van der Waals surface area contributed by atoms with Crippen molar-refractivity contribution in [1.82, 2.24) is 0 Å². The van der Waals surface area contributed by atoms with Gasteiger partial charge in [0.1, 0.15) is 0 Å². The topological polar surface area (TPSA) is 20.2 Å². The molecule has 0 amide bonds. The van der Waals surface area contributed by atoms with Crippen LogP contribution in [-0.4, -0.2) is 17.5 Å². The number of benzene rings is 2. The van der Waals surface area contributed by atoms with Crippen LogP contribution in [0, 0.1) is 0 Å². The zero-order valence-corrected chi connectivity index (χ0v) is 18.7. The van der Waals surface area contributed by atoms with Gasteiger partial charge in [0, 0.05) is 0 Å². The van der Waals surface area contributed by atoms with Crippen LogP contribution in [0.4, 0.5) is 0 Å². The molecule has 2 aromatic rings. The summed E-state index contributed by atoms with van der Waals surface area (Å²) >= 11 is 2.46. The smallest absolute Gasteiger partial charge is 0.258 e. The SMILES string of the molecule is CC(C)(CCCCCCCI)[Si](O)(c1ccccc1)c1ccccc1. The van der Waals surface area contributed by atoms with Gasteiger partial charge in [-0.2, -0.15) is 0 Å². The molecule has 136 valence electrons. The summed E-state index contributed by atoms with van der Waals surface area (Å²) in [5.41, 5.74) is 0. The number of hydrogen-bond donors (Lipinski definition) is 1. The normalized spacial score (nSPS) is 12.3. The second-order valence-corrected chi connectivity index (χ2v) is 12.5. The van der Waals surface area contributed by atoms with E-state index in [1.807, 2.05) is 12.1 Å². The van der Waals surface area contributed by atoms with Gasteiger partial charge in [0.15, 0.2) is 0 Å². The van der Waals surface area contributed by atoms with Crippen LogP contribution in [-0.2, 0) is 0 Å². The minimum absolute atomic E-state index is 0.0982. The first-order valence-corrected chi connectivity index (χ1v) is 12.9. The number of hydrogen-bond acceptors (Lipinski definition) is 1. The van der Waals surface area contributed by atoms with E-state index < -0.39 is 8.32 Å². The highest BCUT2D eigenvalue weighted by atomic mass is 127. The van der Waals surface area contributed by atoms with Crippen molar-refractivity contribution in [3.63, 3.8) is 0 Å². The van der Waals surface area contributed by atoms with E-state index in [1.165, 1.54) is 36.5 Å². The molecule has 3 heteroatoms. The van der Waals surface area contributed by atoms with Crippen LogP contribution in [0.1, 0.15) is 52.4 Å². The van der Waals surface area contributed by atoms with Crippen molar-refractivity contribution in [3.8, 4) is 0 Å². The Labute approximate surface area is 168 Å². The number of rotatable bonds is 10. The Kier molecular flexibility index (Phi) is 8.17. The van der Waals surface area contributed by atoms with Gasteiger partial charge in [-0.15, -0.1) is 0 Å². The number of unbranched alkanes of at least 4 members (excludes halogenated alkanes) is 4. The maximum atomic E-state index is 12.1. The first kappa shape index (κ1) is 20.7. The average molecular weight is 466 g/mol. The number of alkyl halides is 1. The Bertz CT molecular complexity index is 573. The Hall–Kier alpha value is -0.653. The summed E-state index contributed by atoms with van der Waals surface area (Å²) in [5.74, 6) is 0. The van der Waals surface area contributed by atoms with Crippen LogP contribution in [0.25, 0.3) is 0 Å². The fraction of sp³-hybridized carbons (Fsp3) is 0.455. The molecule has 0 saturated heterocycles. The largest absolute Gasteiger partial charge is 0.424 e. The molecular formula is C22H31IOSi. The van der Waals surface area contributed by atoms with E-state index in [2.05, 4.69) is 85.0 Å². The number of halogens is 1. The third-order valence-electron chi connectivity index (χ3n) is 5.30. The Morgan fingerprint density at radius 3 is 1.68 bits per heavy atom. The van der Waals surface area contributed by atoms with Crippen molar-refractivity contribution in [2.24, 2.45) is 0 Å². The van der Waals surface area contributed by atoms with Crippen molar-refractivity contribution in [2.75, 3.05) is 4.43 Å². The monoisotopic (exact) mass is 466 g/mol.